The molecule has 7 aromatic rings. The third-order valence-electron chi connectivity index (χ3n) is 8.98. The number of hydrogen-bond acceptors (Lipinski definition) is 4. The van der Waals surface area contributed by atoms with E-state index in [1.54, 1.807) is 0 Å². The molecule has 0 aliphatic carbocycles. The maximum atomic E-state index is 5.42. The van der Waals surface area contributed by atoms with Crippen molar-refractivity contribution in [3.05, 3.63) is 156 Å². The Balaban J connectivity index is 1.31. The van der Waals surface area contributed by atoms with Gasteiger partial charge in [0.2, 0.25) is 0 Å². The quantitative estimate of drug-likeness (QED) is 0.189. The second-order valence-electron chi connectivity index (χ2n) is 12.4. The SMILES string of the molecule is CC(C)c1cc(-c2ccccc2)nc2c3c(ccc12)CCC(c1ccccc1-c1nc(-c2ccccc2)cc(-c2ccccc2)n1)=N3. The molecule has 0 fully saturated rings. The number of fused-ring (bicyclic) bond motifs is 3. The van der Waals surface area contributed by atoms with Crippen molar-refractivity contribution in [3.8, 4) is 45.2 Å². The molecular weight excluding hydrogens is 573 g/mol. The van der Waals surface area contributed by atoms with E-state index < -0.39 is 0 Å². The van der Waals surface area contributed by atoms with E-state index in [0.717, 1.165) is 74.7 Å². The largest absolute Gasteiger partial charge is 0.250 e. The lowest BCUT2D eigenvalue weighted by Crippen LogP contribution is -2.11. The maximum Gasteiger partial charge on any atom is 0.161 e. The Morgan fingerprint density at radius 2 is 1.04 bits per heavy atom. The van der Waals surface area contributed by atoms with E-state index in [2.05, 4.69) is 111 Å². The van der Waals surface area contributed by atoms with Gasteiger partial charge in [0, 0.05) is 38.9 Å². The monoisotopic (exact) mass is 606 g/mol. The first kappa shape index (κ1) is 28.7. The number of rotatable bonds is 6. The molecule has 2 aromatic heterocycles. The Hall–Kier alpha value is -5.74. The van der Waals surface area contributed by atoms with Crippen LogP contribution in [0, 0.1) is 0 Å². The molecule has 0 bridgehead atoms. The van der Waals surface area contributed by atoms with Crippen molar-refractivity contribution in [2.24, 2.45) is 4.99 Å². The average Bonchev–Trinajstić information content (AvgIpc) is 3.15. The molecule has 3 heterocycles. The summed E-state index contributed by atoms with van der Waals surface area (Å²) in [7, 11) is 0. The van der Waals surface area contributed by atoms with Crippen molar-refractivity contribution in [2.75, 3.05) is 0 Å². The summed E-state index contributed by atoms with van der Waals surface area (Å²) in [5.74, 6) is 1.04. The predicted octanol–water partition coefficient (Wildman–Crippen LogP) is 10.9. The van der Waals surface area contributed by atoms with E-state index in [1.165, 1.54) is 16.5 Å². The average molecular weight is 607 g/mol. The highest BCUT2D eigenvalue weighted by Crippen LogP contribution is 2.40. The lowest BCUT2D eigenvalue weighted by atomic mass is 9.90. The lowest BCUT2D eigenvalue weighted by molar-refractivity contribution is 0.874. The molecule has 0 spiro atoms. The lowest BCUT2D eigenvalue weighted by Gasteiger charge is -2.21. The van der Waals surface area contributed by atoms with Crippen LogP contribution in [0.3, 0.4) is 0 Å². The van der Waals surface area contributed by atoms with E-state index in [-0.39, 0.29) is 0 Å². The molecule has 4 nitrogen and oxygen atoms in total. The first-order valence-corrected chi connectivity index (χ1v) is 16.3. The molecule has 0 unspecified atom stereocenters. The van der Waals surface area contributed by atoms with Gasteiger partial charge < -0.3 is 0 Å². The highest BCUT2D eigenvalue weighted by Gasteiger charge is 2.22. The molecule has 8 rings (SSSR count). The number of pyridine rings is 1. The van der Waals surface area contributed by atoms with E-state index >= 15 is 0 Å². The summed E-state index contributed by atoms with van der Waals surface area (Å²) in [5, 5.41) is 1.17. The summed E-state index contributed by atoms with van der Waals surface area (Å²) >= 11 is 0. The van der Waals surface area contributed by atoms with Gasteiger partial charge in [-0.2, -0.15) is 0 Å². The van der Waals surface area contributed by atoms with Gasteiger partial charge in [0.25, 0.3) is 0 Å². The van der Waals surface area contributed by atoms with Gasteiger partial charge >= 0.3 is 0 Å². The summed E-state index contributed by atoms with van der Waals surface area (Å²) in [5.41, 5.74) is 13.5. The van der Waals surface area contributed by atoms with Crippen molar-refractivity contribution < 1.29 is 0 Å². The van der Waals surface area contributed by atoms with Crippen LogP contribution in [0.15, 0.2) is 145 Å². The van der Waals surface area contributed by atoms with Crippen LogP contribution in [0.25, 0.3) is 56.1 Å². The molecule has 0 amide bonds. The van der Waals surface area contributed by atoms with E-state index in [4.69, 9.17) is 19.9 Å². The molecule has 0 atom stereocenters. The Kier molecular flexibility index (Phi) is 7.47. The van der Waals surface area contributed by atoms with Crippen LogP contribution in [-0.2, 0) is 6.42 Å². The van der Waals surface area contributed by atoms with Gasteiger partial charge in [-0.05, 0) is 42.0 Å². The van der Waals surface area contributed by atoms with Crippen LogP contribution in [0.4, 0.5) is 5.69 Å². The first-order chi connectivity index (χ1) is 23.1. The molecule has 0 saturated carbocycles. The van der Waals surface area contributed by atoms with E-state index in [9.17, 15) is 0 Å². The minimum atomic E-state index is 0.349. The third kappa shape index (κ3) is 5.53. The van der Waals surface area contributed by atoms with Crippen LogP contribution in [0.1, 0.15) is 42.9 Å². The topological polar surface area (TPSA) is 51.0 Å². The van der Waals surface area contributed by atoms with Crippen molar-refractivity contribution >= 4 is 22.3 Å². The summed E-state index contributed by atoms with van der Waals surface area (Å²) in [6.07, 6.45) is 1.72. The molecule has 47 heavy (non-hydrogen) atoms. The molecule has 0 radical (unpaired) electrons. The van der Waals surface area contributed by atoms with Gasteiger partial charge in [-0.15, -0.1) is 0 Å². The molecule has 226 valence electrons. The standard InChI is InChI=1S/C43H34N4/c1-28(2)36-26-38(29-14-6-3-7-15-29)45-42-34(36)24-22-32-23-25-37(44-41(32)42)33-20-12-13-21-35(33)43-46-39(30-16-8-4-9-17-30)27-40(47-43)31-18-10-5-11-19-31/h3-22,24,26-28H,23,25H2,1-2H3. The number of benzene rings is 5. The maximum absolute atomic E-state index is 5.42. The van der Waals surface area contributed by atoms with Crippen LogP contribution < -0.4 is 0 Å². The van der Waals surface area contributed by atoms with Gasteiger partial charge in [0.1, 0.15) is 0 Å². The Labute approximate surface area is 275 Å². The molecule has 4 heteroatoms. The van der Waals surface area contributed by atoms with Gasteiger partial charge in [-0.3, -0.25) is 4.99 Å². The van der Waals surface area contributed by atoms with Crippen molar-refractivity contribution in [2.45, 2.75) is 32.6 Å². The highest BCUT2D eigenvalue weighted by atomic mass is 14.9. The van der Waals surface area contributed by atoms with Crippen molar-refractivity contribution in [1.82, 2.24) is 15.0 Å². The normalized spacial score (nSPS) is 12.6. The summed E-state index contributed by atoms with van der Waals surface area (Å²) in [6.45, 7) is 4.50. The Morgan fingerprint density at radius 1 is 0.511 bits per heavy atom. The number of aliphatic imine (C=N–C) groups is 1. The number of aromatic nitrogens is 3. The zero-order valence-electron chi connectivity index (χ0n) is 26.6. The fourth-order valence-electron chi connectivity index (χ4n) is 6.56. The summed E-state index contributed by atoms with van der Waals surface area (Å²) in [6, 6.07) is 48.4. The van der Waals surface area contributed by atoms with Crippen LogP contribution >= 0.6 is 0 Å². The second-order valence-corrected chi connectivity index (χ2v) is 12.4. The molecule has 0 N–H and O–H groups in total. The van der Waals surface area contributed by atoms with Gasteiger partial charge in [-0.1, -0.05) is 141 Å². The number of nitrogens with zero attached hydrogens (tertiary/aromatic N) is 4. The smallest absolute Gasteiger partial charge is 0.161 e. The minimum absolute atomic E-state index is 0.349. The number of aryl methyl sites for hydroxylation is 1. The van der Waals surface area contributed by atoms with E-state index in [1.807, 2.05) is 42.5 Å². The Morgan fingerprint density at radius 3 is 1.62 bits per heavy atom. The highest BCUT2D eigenvalue weighted by molar-refractivity contribution is 6.10. The van der Waals surface area contributed by atoms with Crippen molar-refractivity contribution in [3.63, 3.8) is 0 Å². The van der Waals surface area contributed by atoms with Crippen LogP contribution in [-0.4, -0.2) is 20.7 Å². The first-order valence-electron chi connectivity index (χ1n) is 16.3. The van der Waals surface area contributed by atoms with Crippen LogP contribution in [0.2, 0.25) is 0 Å². The van der Waals surface area contributed by atoms with E-state index in [0.29, 0.717) is 11.7 Å². The summed E-state index contributed by atoms with van der Waals surface area (Å²) < 4.78 is 0. The fraction of sp³-hybridized carbons (Fsp3) is 0.116. The second kappa shape index (κ2) is 12.2. The molecule has 5 aromatic carbocycles. The zero-order valence-corrected chi connectivity index (χ0v) is 26.6. The van der Waals surface area contributed by atoms with Crippen molar-refractivity contribution in [1.29, 1.82) is 0 Å². The third-order valence-corrected chi connectivity index (χ3v) is 8.98. The van der Waals surface area contributed by atoms with Gasteiger partial charge in [0.05, 0.1) is 28.3 Å². The predicted molar refractivity (Wildman–Crippen MR) is 194 cm³/mol. The molecule has 0 saturated heterocycles. The van der Waals surface area contributed by atoms with Gasteiger partial charge in [-0.25, -0.2) is 15.0 Å². The molecule has 1 aliphatic heterocycles. The molecule has 1 aliphatic rings. The zero-order chi connectivity index (χ0) is 31.7. The minimum Gasteiger partial charge on any atom is -0.250 e. The molecular formula is C43H34N4. The number of hydrogen-bond donors (Lipinski definition) is 0. The van der Waals surface area contributed by atoms with Crippen LogP contribution in [0.5, 0.6) is 0 Å². The Bertz CT molecular complexity index is 2200. The van der Waals surface area contributed by atoms with Gasteiger partial charge in [0.15, 0.2) is 5.82 Å². The fourth-order valence-corrected chi connectivity index (χ4v) is 6.56. The summed E-state index contributed by atoms with van der Waals surface area (Å²) in [4.78, 5) is 21.0.